The molecule has 140 valence electrons. The molecule has 0 N–H and O–H groups in total. The van der Waals surface area contributed by atoms with Crippen molar-refractivity contribution >= 4 is 33.9 Å². The predicted octanol–water partition coefficient (Wildman–Crippen LogP) is 5.24. The van der Waals surface area contributed by atoms with Crippen molar-refractivity contribution in [3.05, 3.63) is 48.0 Å². The third kappa shape index (κ3) is 3.65. The van der Waals surface area contributed by atoms with Crippen LogP contribution in [0.3, 0.4) is 0 Å². The normalized spacial score (nSPS) is 10.6. The molecule has 6 nitrogen and oxygen atoms in total. The van der Waals surface area contributed by atoms with E-state index in [0.29, 0.717) is 33.0 Å². The van der Waals surface area contributed by atoms with Crippen LogP contribution >= 0.6 is 0 Å². The van der Waals surface area contributed by atoms with Gasteiger partial charge in [0, 0.05) is 21.5 Å². The van der Waals surface area contributed by atoms with Crippen LogP contribution in [0.25, 0.3) is 21.5 Å². The Balaban J connectivity index is 2.37. The Morgan fingerprint density at radius 2 is 1.30 bits per heavy atom. The van der Waals surface area contributed by atoms with Crippen LogP contribution in [0.1, 0.15) is 18.9 Å². The van der Waals surface area contributed by atoms with Crippen molar-refractivity contribution in [1.82, 2.24) is 0 Å². The molecular weight excluding hydrogens is 348 g/mol. The lowest BCUT2D eigenvalue weighted by Crippen LogP contribution is -2.10. The van der Waals surface area contributed by atoms with Crippen molar-refractivity contribution in [3.8, 4) is 11.5 Å². The number of hydrogen-bond donors (Lipinski definition) is 0. The molecule has 27 heavy (non-hydrogen) atoms. The predicted molar refractivity (Wildman–Crippen MR) is 102 cm³/mol. The SMILES string of the molecule is CCCc1ccc2c(OC(=O)OC)c3ccccc3c(OC(=O)OC)c2c1. The Morgan fingerprint density at radius 3 is 1.81 bits per heavy atom. The van der Waals surface area contributed by atoms with Gasteiger partial charge in [-0.3, -0.25) is 0 Å². The number of hydrogen-bond acceptors (Lipinski definition) is 6. The Morgan fingerprint density at radius 1 is 0.778 bits per heavy atom. The number of carbonyl (C=O) groups excluding carboxylic acids is 2. The Hall–Kier alpha value is -3.28. The molecule has 0 heterocycles. The second-order valence-electron chi connectivity index (χ2n) is 5.95. The van der Waals surface area contributed by atoms with Crippen LogP contribution in [-0.2, 0) is 15.9 Å². The summed E-state index contributed by atoms with van der Waals surface area (Å²) in [6.07, 6.45) is 0.204. The van der Waals surface area contributed by atoms with E-state index in [1.54, 1.807) is 12.1 Å². The zero-order chi connectivity index (χ0) is 19.4. The second kappa shape index (κ2) is 7.95. The molecule has 0 fully saturated rings. The zero-order valence-corrected chi connectivity index (χ0v) is 15.4. The number of methoxy groups -OCH3 is 2. The summed E-state index contributed by atoms with van der Waals surface area (Å²) in [6.45, 7) is 2.09. The lowest BCUT2D eigenvalue weighted by atomic mass is 9.97. The highest BCUT2D eigenvalue weighted by Gasteiger charge is 2.20. The number of ether oxygens (including phenoxy) is 4. The fourth-order valence-electron chi connectivity index (χ4n) is 3.06. The number of carbonyl (C=O) groups is 2. The van der Waals surface area contributed by atoms with E-state index in [0.717, 1.165) is 18.4 Å². The fraction of sp³-hybridized carbons (Fsp3) is 0.238. The summed E-state index contributed by atoms with van der Waals surface area (Å²) in [5, 5.41) is 2.54. The zero-order valence-electron chi connectivity index (χ0n) is 15.4. The van der Waals surface area contributed by atoms with E-state index in [1.807, 2.05) is 30.3 Å². The van der Waals surface area contributed by atoms with E-state index < -0.39 is 12.3 Å². The number of benzene rings is 3. The van der Waals surface area contributed by atoms with Gasteiger partial charge in [-0.05, 0) is 18.1 Å². The average Bonchev–Trinajstić information content (AvgIpc) is 2.70. The van der Waals surface area contributed by atoms with Gasteiger partial charge in [0.1, 0.15) is 11.5 Å². The van der Waals surface area contributed by atoms with Gasteiger partial charge >= 0.3 is 12.3 Å². The minimum absolute atomic E-state index is 0.354. The number of fused-ring (bicyclic) bond motifs is 2. The van der Waals surface area contributed by atoms with Gasteiger partial charge in [-0.15, -0.1) is 0 Å². The van der Waals surface area contributed by atoms with E-state index in [2.05, 4.69) is 16.4 Å². The molecule has 3 aromatic rings. The van der Waals surface area contributed by atoms with E-state index in [4.69, 9.17) is 9.47 Å². The summed E-state index contributed by atoms with van der Waals surface area (Å²) in [5.41, 5.74) is 1.08. The van der Waals surface area contributed by atoms with Crippen molar-refractivity contribution in [3.63, 3.8) is 0 Å². The van der Waals surface area contributed by atoms with Crippen molar-refractivity contribution in [2.24, 2.45) is 0 Å². The molecule has 0 atom stereocenters. The van der Waals surface area contributed by atoms with E-state index in [9.17, 15) is 9.59 Å². The van der Waals surface area contributed by atoms with E-state index >= 15 is 0 Å². The van der Waals surface area contributed by atoms with Crippen LogP contribution in [0.2, 0.25) is 0 Å². The molecular formula is C21H20O6. The third-order valence-corrected chi connectivity index (χ3v) is 4.23. The first-order valence-electron chi connectivity index (χ1n) is 8.58. The van der Waals surface area contributed by atoms with Gasteiger partial charge in [0.05, 0.1) is 14.2 Å². The summed E-state index contributed by atoms with van der Waals surface area (Å²) >= 11 is 0. The summed E-state index contributed by atoms with van der Waals surface area (Å²) in [5.74, 6) is 0.718. The monoisotopic (exact) mass is 368 g/mol. The van der Waals surface area contributed by atoms with Crippen LogP contribution in [0.5, 0.6) is 11.5 Å². The fourth-order valence-corrected chi connectivity index (χ4v) is 3.06. The van der Waals surface area contributed by atoms with Crippen LogP contribution in [-0.4, -0.2) is 26.5 Å². The molecule has 0 aliphatic carbocycles. The molecule has 0 bridgehead atoms. The highest BCUT2D eigenvalue weighted by Crippen LogP contribution is 2.43. The first-order valence-corrected chi connectivity index (χ1v) is 8.58. The average molecular weight is 368 g/mol. The number of aryl methyl sites for hydroxylation is 1. The molecule has 0 unspecified atom stereocenters. The lowest BCUT2D eigenvalue weighted by molar-refractivity contribution is 0.120. The summed E-state index contributed by atoms with van der Waals surface area (Å²) < 4.78 is 20.3. The molecule has 0 radical (unpaired) electrons. The third-order valence-electron chi connectivity index (χ3n) is 4.23. The standard InChI is InChI=1S/C21H20O6/c1-4-7-13-10-11-16-17(12-13)19(27-21(23)25-3)15-9-6-5-8-14(15)18(16)26-20(22)24-2/h5-6,8-12H,4,7H2,1-3H3. The Kier molecular flexibility index (Phi) is 5.45. The first-order chi connectivity index (χ1) is 13.1. The van der Waals surface area contributed by atoms with Crippen LogP contribution < -0.4 is 9.47 Å². The van der Waals surface area contributed by atoms with Crippen molar-refractivity contribution < 1.29 is 28.5 Å². The van der Waals surface area contributed by atoms with Crippen molar-refractivity contribution in [2.45, 2.75) is 19.8 Å². The lowest BCUT2D eigenvalue weighted by Gasteiger charge is -2.16. The maximum absolute atomic E-state index is 11.8. The first kappa shape index (κ1) is 18.5. The van der Waals surface area contributed by atoms with E-state index in [-0.39, 0.29) is 0 Å². The minimum Gasteiger partial charge on any atom is -0.437 e. The molecule has 0 saturated heterocycles. The highest BCUT2D eigenvalue weighted by molar-refractivity contribution is 6.12. The largest absolute Gasteiger partial charge is 0.513 e. The molecule has 0 aliphatic heterocycles. The van der Waals surface area contributed by atoms with Gasteiger partial charge in [-0.1, -0.05) is 49.7 Å². The molecule has 0 aromatic heterocycles. The van der Waals surface area contributed by atoms with Crippen LogP contribution in [0.4, 0.5) is 9.59 Å². The van der Waals surface area contributed by atoms with Gasteiger partial charge in [-0.2, -0.15) is 0 Å². The quantitative estimate of drug-likeness (QED) is 0.356. The molecule has 3 rings (SSSR count). The molecule has 6 heteroatoms. The van der Waals surface area contributed by atoms with Crippen LogP contribution in [0, 0.1) is 0 Å². The second-order valence-corrected chi connectivity index (χ2v) is 5.95. The van der Waals surface area contributed by atoms with Crippen LogP contribution in [0.15, 0.2) is 42.5 Å². The van der Waals surface area contributed by atoms with Gasteiger partial charge in [0.25, 0.3) is 0 Å². The van der Waals surface area contributed by atoms with Gasteiger partial charge in [0.15, 0.2) is 0 Å². The summed E-state index contributed by atoms with van der Waals surface area (Å²) in [7, 11) is 2.50. The molecule has 0 saturated carbocycles. The maximum Gasteiger partial charge on any atom is 0.513 e. The molecule has 0 amide bonds. The van der Waals surface area contributed by atoms with Gasteiger partial charge < -0.3 is 18.9 Å². The summed E-state index contributed by atoms with van der Waals surface area (Å²) in [6, 6.07) is 13.0. The van der Waals surface area contributed by atoms with Gasteiger partial charge in [-0.25, -0.2) is 9.59 Å². The number of rotatable bonds is 4. The topological polar surface area (TPSA) is 71.1 Å². The molecule has 0 aliphatic rings. The highest BCUT2D eigenvalue weighted by atomic mass is 16.7. The van der Waals surface area contributed by atoms with Crippen molar-refractivity contribution in [1.29, 1.82) is 0 Å². The van der Waals surface area contributed by atoms with Gasteiger partial charge in [0.2, 0.25) is 0 Å². The Bertz CT molecular complexity index is 1010. The molecule has 0 spiro atoms. The van der Waals surface area contributed by atoms with Crippen molar-refractivity contribution in [2.75, 3.05) is 14.2 Å². The minimum atomic E-state index is -0.819. The summed E-state index contributed by atoms with van der Waals surface area (Å²) in [4.78, 5) is 23.6. The molecule has 3 aromatic carbocycles. The van der Waals surface area contributed by atoms with E-state index in [1.165, 1.54) is 14.2 Å². The Labute approximate surface area is 156 Å². The maximum atomic E-state index is 11.8. The smallest absolute Gasteiger partial charge is 0.437 e.